The number of imide groups is 1. The van der Waals surface area contributed by atoms with E-state index in [0.29, 0.717) is 0 Å². The van der Waals surface area contributed by atoms with Crippen LogP contribution in [-0.2, 0) is 9.59 Å². The smallest absolute Gasteiger partial charge is 0.241 e. The molecule has 2 unspecified atom stereocenters. The molecule has 1 saturated heterocycles. The molecule has 2 aromatic rings. The molecule has 0 saturated carbocycles. The molecule has 1 heterocycles. The van der Waals surface area contributed by atoms with Gasteiger partial charge in [0.1, 0.15) is 11.0 Å². The third kappa shape index (κ3) is 2.85. The van der Waals surface area contributed by atoms with Crippen molar-refractivity contribution in [3.63, 3.8) is 0 Å². The van der Waals surface area contributed by atoms with E-state index >= 15 is 0 Å². The Morgan fingerprint density at radius 3 is 2.27 bits per heavy atom. The number of thioether (sulfide) groups is 1. The zero-order chi connectivity index (χ0) is 15.5. The first-order valence-corrected chi connectivity index (χ1v) is 7.77. The van der Waals surface area contributed by atoms with Gasteiger partial charge in [-0.25, -0.2) is 0 Å². The Morgan fingerprint density at radius 2 is 1.64 bits per heavy atom. The van der Waals surface area contributed by atoms with Crippen molar-refractivity contribution in [1.29, 1.82) is 0 Å². The molecule has 0 spiro atoms. The fourth-order valence-electron chi connectivity index (χ4n) is 2.46. The molecule has 0 aromatic heterocycles. The number of nitrogens with one attached hydrogen (secondary N) is 1. The van der Waals surface area contributed by atoms with Gasteiger partial charge in [0.25, 0.3) is 0 Å². The van der Waals surface area contributed by atoms with E-state index in [4.69, 9.17) is 4.74 Å². The Bertz CT molecular complexity index is 685. The summed E-state index contributed by atoms with van der Waals surface area (Å²) in [5.41, 5.74) is 0.817. The van der Waals surface area contributed by atoms with Crippen molar-refractivity contribution in [3.8, 4) is 5.75 Å². The summed E-state index contributed by atoms with van der Waals surface area (Å²) in [7, 11) is 1.59. The van der Waals surface area contributed by atoms with E-state index in [1.165, 1.54) is 11.8 Å². The predicted octanol–water partition coefficient (Wildman–Crippen LogP) is 2.60. The van der Waals surface area contributed by atoms with Gasteiger partial charge in [0.15, 0.2) is 0 Å². The van der Waals surface area contributed by atoms with Crippen LogP contribution in [0.5, 0.6) is 5.75 Å². The molecule has 22 heavy (non-hydrogen) atoms. The Labute approximate surface area is 132 Å². The van der Waals surface area contributed by atoms with Crippen LogP contribution in [0, 0.1) is 0 Å². The normalized spacial score (nSPS) is 20.8. The summed E-state index contributed by atoms with van der Waals surface area (Å²) in [4.78, 5) is 25.3. The minimum atomic E-state index is -0.483. The van der Waals surface area contributed by atoms with Crippen LogP contribution in [0.2, 0.25) is 0 Å². The lowest BCUT2D eigenvalue weighted by Crippen LogP contribution is -2.22. The van der Waals surface area contributed by atoms with Gasteiger partial charge in [-0.3, -0.25) is 14.9 Å². The number of hydrogen-bond donors (Lipinski definition) is 1. The number of carbonyl (C=O) groups is 2. The first-order valence-electron chi connectivity index (χ1n) is 6.89. The van der Waals surface area contributed by atoms with Crippen LogP contribution in [-0.4, -0.2) is 24.2 Å². The molecule has 0 bridgehead atoms. The van der Waals surface area contributed by atoms with Crippen molar-refractivity contribution < 1.29 is 14.3 Å². The highest BCUT2D eigenvalue weighted by Gasteiger charge is 2.43. The molecule has 2 aromatic carbocycles. The van der Waals surface area contributed by atoms with Gasteiger partial charge in [-0.15, -0.1) is 11.8 Å². The first-order chi connectivity index (χ1) is 10.7. The van der Waals surface area contributed by atoms with E-state index < -0.39 is 11.2 Å². The van der Waals surface area contributed by atoms with Crippen molar-refractivity contribution in [2.75, 3.05) is 7.11 Å². The lowest BCUT2D eigenvalue weighted by molar-refractivity contribution is -0.125. The summed E-state index contributed by atoms with van der Waals surface area (Å²) < 4.78 is 5.13. The molecular formula is C17H15NO3S. The number of benzene rings is 2. The van der Waals surface area contributed by atoms with E-state index in [0.717, 1.165) is 16.2 Å². The van der Waals surface area contributed by atoms with Gasteiger partial charge in [-0.05, 0) is 29.8 Å². The quantitative estimate of drug-likeness (QED) is 0.882. The second kappa shape index (κ2) is 6.23. The molecule has 0 aliphatic carbocycles. The fourth-order valence-corrected chi connectivity index (χ4v) is 3.65. The average molecular weight is 313 g/mol. The Kier molecular flexibility index (Phi) is 4.15. The standard InChI is InChI=1S/C17H15NO3S/c1-21-12-9-7-11(8-10-12)14-15(17(20)18-16(14)19)22-13-5-3-2-4-6-13/h2-10,14-15H,1H3,(H,18,19,20). The topological polar surface area (TPSA) is 55.4 Å². The van der Waals surface area contributed by atoms with Crippen LogP contribution in [0.4, 0.5) is 0 Å². The highest BCUT2D eigenvalue weighted by molar-refractivity contribution is 8.00. The summed E-state index contributed by atoms with van der Waals surface area (Å²) >= 11 is 1.41. The van der Waals surface area contributed by atoms with Crippen LogP contribution in [0.1, 0.15) is 11.5 Å². The maximum atomic E-state index is 12.2. The van der Waals surface area contributed by atoms with E-state index in [9.17, 15) is 9.59 Å². The van der Waals surface area contributed by atoms with Crippen LogP contribution in [0.25, 0.3) is 0 Å². The molecule has 2 amide bonds. The lowest BCUT2D eigenvalue weighted by atomic mass is 9.97. The van der Waals surface area contributed by atoms with Crippen molar-refractivity contribution in [2.24, 2.45) is 0 Å². The lowest BCUT2D eigenvalue weighted by Gasteiger charge is -2.15. The van der Waals surface area contributed by atoms with Crippen LogP contribution >= 0.6 is 11.8 Å². The fraction of sp³-hybridized carbons (Fsp3) is 0.176. The van der Waals surface area contributed by atoms with E-state index in [2.05, 4.69) is 5.32 Å². The van der Waals surface area contributed by atoms with E-state index in [-0.39, 0.29) is 11.8 Å². The zero-order valence-corrected chi connectivity index (χ0v) is 12.8. The minimum Gasteiger partial charge on any atom is -0.497 e. The predicted molar refractivity (Wildman–Crippen MR) is 85.0 cm³/mol. The molecule has 1 aliphatic rings. The molecule has 3 rings (SSSR count). The molecular weight excluding hydrogens is 298 g/mol. The molecule has 1 fully saturated rings. The highest BCUT2D eigenvalue weighted by Crippen LogP contribution is 2.37. The largest absolute Gasteiger partial charge is 0.497 e. The summed E-state index contributed by atoms with van der Waals surface area (Å²) in [6, 6.07) is 16.9. The Hall–Kier alpha value is -2.27. The maximum Gasteiger partial charge on any atom is 0.241 e. The first kappa shape index (κ1) is 14.7. The van der Waals surface area contributed by atoms with Gasteiger partial charge < -0.3 is 4.74 Å². The summed E-state index contributed by atoms with van der Waals surface area (Å²) in [5.74, 6) is -0.243. The highest BCUT2D eigenvalue weighted by atomic mass is 32.2. The monoisotopic (exact) mass is 313 g/mol. The van der Waals surface area contributed by atoms with E-state index in [1.807, 2.05) is 42.5 Å². The second-order valence-corrected chi connectivity index (χ2v) is 6.17. The van der Waals surface area contributed by atoms with Crippen molar-refractivity contribution in [2.45, 2.75) is 16.1 Å². The van der Waals surface area contributed by atoms with Gasteiger partial charge >= 0.3 is 0 Å². The molecule has 0 radical (unpaired) electrons. The third-order valence-corrected chi connectivity index (χ3v) is 4.86. The van der Waals surface area contributed by atoms with Crippen molar-refractivity contribution in [1.82, 2.24) is 5.32 Å². The minimum absolute atomic E-state index is 0.236. The number of amides is 2. The van der Waals surface area contributed by atoms with Crippen LogP contribution < -0.4 is 10.1 Å². The molecule has 4 nitrogen and oxygen atoms in total. The Balaban J connectivity index is 1.89. The summed E-state index contributed by atoms with van der Waals surface area (Å²) in [6.07, 6.45) is 0. The second-order valence-electron chi connectivity index (χ2n) is 4.96. The van der Waals surface area contributed by atoms with Gasteiger partial charge in [-0.1, -0.05) is 30.3 Å². The van der Waals surface area contributed by atoms with Crippen molar-refractivity contribution >= 4 is 23.6 Å². The molecule has 2 atom stereocenters. The summed E-state index contributed by atoms with van der Waals surface area (Å²) in [6.45, 7) is 0. The number of rotatable bonds is 4. The van der Waals surface area contributed by atoms with Gasteiger partial charge in [-0.2, -0.15) is 0 Å². The average Bonchev–Trinajstić information content (AvgIpc) is 2.82. The van der Waals surface area contributed by atoms with Crippen LogP contribution in [0.15, 0.2) is 59.5 Å². The Morgan fingerprint density at radius 1 is 0.955 bits per heavy atom. The maximum absolute atomic E-state index is 12.2. The summed E-state index contributed by atoms with van der Waals surface area (Å²) in [5, 5.41) is 1.98. The molecule has 112 valence electrons. The number of carbonyl (C=O) groups excluding carboxylic acids is 2. The van der Waals surface area contributed by atoms with Gasteiger partial charge in [0.05, 0.1) is 13.0 Å². The SMILES string of the molecule is COc1ccc(C2C(=O)NC(=O)C2Sc2ccccc2)cc1. The van der Waals surface area contributed by atoms with Gasteiger partial charge in [0, 0.05) is 4.90 Å². The molecule has 1 N–H and O–H groups in total. The van der Waals surface area contributed by atoms with Gasteiger partial charge in [0.2, 0.25) is 11.8 Å². The van der Waals surface area contributed by atoms with E-state index in [1.54, 1.807) is 19.2 Å². The third-order valence-electron chi connectivity index (χ3n) is 3.57. The van der Waals surface area contributed by atoms with Crippen molar-refractivity contribution in [3.05, 3.63) is 60.2 Å². The number of ether oxygens (including phenoxy) is 1. The molecule has 5 heteroatoms. The molecule has 1 aliphatic heterocycles. The number of methoxy groups -OCH3 is 1. The zero-order valence-electron chi connectivity index (χ0n) is 12.0. The van der Waals surface area contributed by atoms with Crippen LogP contribution in [0.3, 0.4) is 0 Å². The number of hydrogen-bond acceptors (Lipinski definition) is 4.